The minimum atomic E-state index is -0.381. The van der Waals surface area contributed by atoms with Crippen LogP contribution in [0, 0.1) is 5.92 Å². The number of carbonyl (C=O) groups is 2. The highest BCUT2D eigenvalue weighted by molar-refractivity contribution is 5.98. The molecule has 9 heteroatoms. The summed E-state index contributed by atoms with van der Waals surface area (Å²) in [6.07, 6.45) is 9.01. The summed E-state index contributed by atoms with van der Waals surface area (Å²) < 4.78 is 6.31. The largest absolute Gasteiger partial charge is 0.472 e. The number of carbonyl (C=O) groups excluding carboxylic acids is 2. The number of aliphatic hydroxyl groups excluding tert-OH is 1. The molecular weight excluding hydrogens is 446 g/mol. The molecule has 4 rings (SSSR count). The van der Waals surface area contributed by atoms with Gasteiger partial charge in [0.05, 0.1) is 19.2 Å². The van der Waals surface area contributed by atoms with Gasteiger partial charge in [0.2, 0.25) is 5.88 Å². The lowest BCUT2D eigenvalue weighted by molar-refractivity contribution is 0.0351. The molecular formula is C26H35N5O4. The van der Waals surface area contributed by atoms with Gasteiger partial charge < -0.3 is 25.0 Å². The van der Waals surface area contributed by atoms with Crippen LogP contribution in [-0.2, 0) is 0 Å². The lowest BCUT2D eigenvalue weighted by Gasteiger charge is -2.37. The first-order valence-electron chi connectivity index (χ1n) is 12.4. The number of hydrogen-bond acceptors (Lipinski definition) is 6. The summed E-state index contributed by atoms with van der Waals surface area (Å²) in [6, 6.07) is 5.23. The molecule has 0 saturated heterocycles. The van der Waals surface area contributed by atoms with Gasteiger partial charge in [0.1, 0.15) is 11.7 Å². The molecule has 0 unspecified atom stereocenters. The van der Waals surface area contributed by atoms with Crippen LogP contribution < -0.4 is 10.1 Å². The quantitative estimate of drug-likeness (QED) is 0.657. The number of aromatic nitrogens is 2. The number of ether oxygens (including phenoxy) is 1. The van der Waals surface area contributed by atoms with E-state index in [0.29, 0.717) is 18.7 Å². The van der Waals surface area contributed by atoms with Crippen LogP contribution in [0.25, 0.3) is 11.1 Å². The van der Waals surface area contributed by atoms with Crippen molar-refractivity contribution in [2.75, 3.05) is 26.7 Å². The molecule has 0 bridgehead atoms. The van der Waals surface area contributed by atoms with E-state index in [0.717, 1.165) is 36.8 Å². The molecule has 2 aliphatic rings. The fourth-order valence-corrected chi connectivity index (χ4v) is 4.73. The molecule has 2 aromatic heterocycles. The van der Waals surface area contributed by atoms with E-state index in [4.69, 9.17) is 4.74 Å². The van der Waals surface area contributed by atoms with E-state index >= 15 is 0 Å². The van der Waals surface area contributed by atoms with Gasteiger partial charge in [0, 0.05) is 49.7 Å². The average molecular weight is 482 g/mol. The molecule has 1 aliphatic heterocycles. The maximum Gasteiger partial charge on any atom is 0.317 e. The molecule has 2 aromatic rings. The highest BCUT2D eigenvalue weighted by Crippen LogP contribution is 2.30. The molecule has 3 amide bonds. The summed E-state index contributed by atoms with van der Waals surface area (Å²) in [7, 11) is 1.76. The third-order valence-electron chi connectivity index (χ3n) is 7.02. The average Bonchev–Trinajstić information content (AvgIpc) is 3.39. The third kappa shape index (κ3) is 5.73. The Bertz CT molecular complexity index is 1030. The standard InChI is InChI=1S/C26H35N5O4/c1-17-14-31(18(2)16-32)25(33)22-12-20(19-8-10-27-11-9-19)13-28-24(22)35-23(17)15-30(3)26(34)29-21-6-4-5-7-21/h8-13,17-18,21,23,32H,4-7,14-16H2,1-3H3,(H,29,34)/t17-,18-,23+/m0/s1. The Morgan fingerprint density at radius 2 is 2.00 bits per heavy atom. The minimum Gasteiger partial charge on any atom is -0.472 e. The molecule has 3 heterocycles. The zero-order valence-electron chi connectivity index (χ0n) is 20.7. The van der Waals surface area contributed by atoms with Gasteiger partial charge in [-0.2, -0.15) is 0 Å². The molecule has 1 aliphatic carbocycles. The van der Waals surface area contributed by atoms with Gasteiger partial charge in [0.15, 0.2) is 0 Å². The molecule has 35 heavy (non-hydrogen) atoms. The summed E-state index contributed by atoms with van der Waals surface area (Å²) in [5.74, 6) is -0.0869. The molecule has 1 saturated carbocycles. The second-order valence-corrected chi connectivity index (χ2v) is 9.75. The number of rotatable bonds is 6. The lowest BCUT2D eigenvalue weighted by atomic mass is 9.99. The Hall–Kier alpha value is -3.20. The summed E-state index contributed by atoms with van der Waals surface area (Å²) >= 11 is 0. The maximum atomic E-state index is 13.6. The third-order valence-corrected chi connectivity index (χ3v) is 7.02. The van der Waals surface area contributed by atoms with E-state index in [1.54, 1.807) is 41.5 Å². The van der Waals surface area contributed by atoms with Crippen LogP contribution >= 0.6 is 0 Å². The van der Waals surface area contributed by atoms with Crippen molar-refractivity contribution >= 4 is 11.9 Å². The lowest BCUT2D eigenvalue weighted by Crippen LogP contribution is -2.52. The van der Waals surface area contributed by atoms with Crippen molar-refractivity contribution in [3.63, 3.8) is 0 Å². The molecule has 9 nitrogen and oxygen atoms in total. The van der Waals surface area contributed by atoms with E-state index in [2.05, 4.69) is 15.3 Å². The van der Waals surface area contributed by atoms with Gasteiger partial charge in [-0.1, -0.05) is 19.8 Å². The van der Waals surface area contributed by atoms with E-state index in [-0.39, 0.29) is 48.5 Å². The van der Waals surface area contributed by atoms with Crippen LogP contribution in [-0.4, -0.2) is 81.7 Å². The monoisotopic (exact) mass is 481 g/mol. The fraction of sp³-hybridized carbons (Fsp3) is 0.538. The molecule has 3 atom stereocenters. The number of amides is 3. The number of aliphatic hydroxyl groups is 1. The maximum absolute atomic E-state index is 13.6. The van der Waals surface area contributed by atoms with Gasteiger partial charge >= 0.3 is 6.03 Å². The van der Waals surface area contributed by atoms with E-state index < -0.39 is 0 Å². The van der Waals surface area contributed by atoms with Crippen molar-refractivity contribution in [2.45, 2.75) is 57.7 Å². The zero-order chi connectivity index (χ0) is 24.9. The Labute approximate surface area is 206 Å². The predicted molar refractivity (Wildman–Crippen MR) is 132 cm³/mol. The molecule has 2 N–H and O–H groups in total. The summed E-state index contributed by atoms with van der Waals surface area (Å²) in [5, 5.41) is 13.0. The molecule has 0 spiro atoms. The number of pyridine rings is 2. The normalized spacial score (nSPS) is 21.5. The number of urea groups is 1. The van der Waals surface area contributed by atoms with E-state index in [1.165, 1.54) is 0 Å². The van der Waals surface area contributed by atoms with Gasteiger partial charge in [-0.05, 0) is 43.5 Å². The van der Waals surface area contributed by atoms with Crippen LogP contribution in [0.15, 0.2) is 36.8 Å². The van der Waals surface area contributed by atoms with Crippen LogP contribution in [0.1, 0.15) is 49.9 Å². The first-order chi connectivity index (χ1) is 16.9. The number of hydrogen-bond donors (Lipinski definition) is 2. The van der Waals surface area contributed by atoms with Gasteiger partial charge in [0.25, 0.3) is 5.91 Å². The molecule has 0 aromatic carbocycles. The van der Waals surface area contributed by atoms with Crippen molar-refractivity contribution < 1.29 is 19.4 Å². The van der Waals surface area contributed by atoms with Crippen molar-refractivity contribution in [1.82, 2.24) is 25.1 Å². The van der Waals surface area contributed by atoms with Gasteiger partial charge in [-0.3, -0.25) is 9.78 Å². The first-order valence-corrected chi connectivity index (χ1v) is 12.4. The van der Waals surface area contributed by atoms with Crippen LogP contribution in [0.5, 0.6) is 5.88 Å². The summed E-state index contributed by atoms with van der Waals surface area (Å²) in [4.78, 5) is 38.2. The fourth-order valence-electron chi connectivity index (χ4n) is 4.73. The SMILES string of the molecule is C[C@H]1CN([C@@H](C)CO)C(=O)c2cc(-c3ccncc3)cnc2O[C@@H]1CN(C)C(=O)NC1CCCC1. The second-order valence-electron chi connectivity index (χ2n) is 9.75. The van der Waals surface area contributed by atoms with Gasteiger partial charge in [-0.25, -0.2) is 9.78 Å². The second kappa shape index (κ2) is 11.0. The Balaban J connectivity index is 1.61. The highest BCUT2D eigenvalue weighted by atomic mass is 16.5. The summed E-state index contributed by atoms with van der Waals surface area (Å²) in [6.45, 7) is 4.41. The van der Waals surface area contributed by atoms with Crippen molar-refractivity contribution in [2.24, 2.45) is 5.92 Å². The molecule has 0 radical (unpaired) electrons. The van der Waals surface area contributed by atoms with Gasteiger partial charge in [-0.15, -0.1) is 0 Å². The van der Waals surface area contributed by atoms with Crippen LogP contribution in [0.3, 0.4) is 0 Å². The number of nitrogens with zero attached hydrogens (tertiary/aromatic N) is 4. The molecule has 1 fully saturated rings. The zero-order valence-corrected chi connectivity index (χ0v) is 20.7. The highest BCUT2D eigenvalue weighted by Gasteiger charge is 2.35. The van der Waals surface area contributed by atoms with Crippen LogP contribution in [0.4, 0.5) is 4.79 Å². The van der Waals surface area contributed by atoms with Crippen molar-refractivity contribution in [3.05, 3.63) is 42.4 Å². The van der Waals surface area contributed by atoms with Crippen molar-refractivity contribution in [1.29, 1.82) is 0 Å². The first kappa shape index (κ1) is 24.9. The van der Waals surface area contributed by atoms with Crippen LogP contribution in [0.2, 0.25) is 0 Å². The number of likely N-dealkylation sites (N-methyl/N-ethyl adjacent to an activating group) is 1. The molecule has 188 valence electrons. The minimum absolute atomic E-state index is 0.0931. The number of nitrogens with one attached hydrogen (secondary N) is 1. The number of fused-ring (bicyclic) bond motifs is 1. The predicted octanol–water partition coefficient (Wildman–Crippen LogP) is 2.95. The Morgan fingerprint density at radius 3 is 2.69 bits per heavy atom. The topological polar surface area (TPSA) is 108 Å². The smallest absolute Gasteiger partial charge is 0.317 e. The van der Waals surface area contributed by atoms with E-state index in [9.17, 15) is 14.7 Å². The van der Waals surface area contributed by atoms with Crippen molar-refractivity contribution in [3.8, 4) is 17.0 Å². The Morgan fingerprint density at radius 1 is 1.29 bits per heavy atom. The van der Waals surface area contributed by atoms with E-state index in [1.807, 2.05) is 26.0 Å². The summed E-state index contributed by atoms with van der Waals surface area (Å²) in [5.41, 5.74) is 2.01. The Kier molecular flexibility index (Phi) is 7.85.